The summed E-state index contributed by atoms with van der Waals surface area (Å²) in [5.41, 5.74) is 4.00. The summed E-state index contributed by atoms with van der Waals surface area (Å²) in [6.45, 7) is 3.96. The number of hydrogen-bond acceptors (Lipinski definition) is 5. The summed E-state index contributed by atoms with van der Waals surface area (Å²) in [5.74, 6) is 1.56. The van der Waals surface area contributed by atoms with Crippen LogP contribution in [0.25, 0.3) is 0 Å². The molecule has 0 radical (unpaired) electrons. The van der Waals surface area contributed by atoms with Crippen LogP contribution >= 0.6 is 0 Å². The van der Waals surface area contributed by atoms with E-state index in [1.165, 1.54) is 5.56 Å². The molecule has 0 bridgehead atoms. The largest absolute Gasteiger partial charge is 0.486 e. The van der Waals surface area contributed by atoms with Crippen molar-refractivity contribution in [3.63, 3.8) is 0 Å². The molecule has 4 aromatic rings. The van der Waals surface area contributed by atoms with E-state index in [1.807, 2.05) is 70.5 Å². The van der Waals surface area contributed by atoms with Gasteiger partial charge in [0.2, 0.25) is 0 Å². The molecule has 2 aliphatic heterocycles. The highest BCUT2D eigenvalue weighted by molar-refractivity contribution is 5.95. The van der Waals surface area contributed by atoms with Gasteiger partial charge in [-0.1, -0.05) is 54.6 Å². The van der Waals surface area contributed by atoms with Gasteiger partial charge in [-0.15, -0.1) is 0 Å². The number of fused-ring (bicyclic) bond motifs is 1. The minimum Gasteiger partial charge on any atom is -0.486 e. The van der Waals surface area contributed by atoms with Crippen LogP contribution in [0.3, 0.4) is 0 Å². The number of carbonyl (C=O) groups excluding carboxylic acids is 2. The smallest absolute Gasteiger partial charge is 0.289 e. The number of hydrogen-bond donors (Lipinski definition) is 0. The van der Waals surface area contributed by atoms with Crippen LogP contribution in [0.2, 0.25) is 0 Å². The van der Waals surface area contributed by atoms with Crippen molar-refractivity contribution >= 4 is 11.8 Å². The van der Waals surface area contributed by atoms with Gasteiger partial charge in [0, 0.05) is 38.3 Å². The van der Waals surface area contributed by atoms with Gasteiger partial charge in [0.05, 0.1) is 6.04 Å². The normalized spacial score (nSPS) is 17.4. The fraction of sp³-hybridized carbons (Fsp3) is 0.273. The predicted octanol–water partition coefficient (Wildman–Crippen LogP) is 5.03. The molecule has 1 aromatic heterocycles. The van der Waals surface area contributed by atoms with E-state index in [4.69, 9.17) is 9.15 Å². The van der Waals surface area contributed by atoms with Crippen LogP contribution < -0.4 is 4.74 Å². The van der Waals surface area contributed by atoms with E-state index in [9.17, 15) is 9.59 Å². The highest BCUT2D eigenvalue weighted by atomic mass is 16.5. The average molecular weight is 536 g/mol. The van der Waals surface area contributed by atoms with Gasteiger partial charge in [-0.25, -0.2) is 0 Å². The second-order valence-corrected chi connectivity index (χ2v) is 10.4. The third-order valence-electron chi connectivity index (χ3n) is 7.79. The number of piperazine rings is 1. The lowest BCUT2D eigenvalue weighted by molar-refractivity contribution is 0.0628. The van der Waals surface area contributed by atoms with Crippen LogP contribution in [0, 0.1) is 0 Å². The van der Waals surface area contributed by atoms with E-state index in [-0.39, 0.29) is 24.5 Å². The van der Waals surface area contributed by atoms with E-state index in [0.29, 0.717) is 42.5 Å². The molecule has 0 unspecified atom stereocenters. The third kappa shape index (κ3) is 5.38. The first-order valence-corrected chi connectivity index (χ1v) is 13.8. The highest BCUT2D eigenvalue weighted by Crippen LogP contribution is 2.38. The standard InChI is InChI=1S/C33H33N3O4/c1-34-18-20-35(21-19-34)33(38)30-15-14-28(40-30)23-39-27-13-12-24-16-17-36(32(37)26-10-6-3-7-11-26)31(29(24)22-27)25-8-4-2-5-9-25/h2-15,22,31H,16-21,23H2,1H3/t31-/m1/s1. The molecule has 3 aromatic carbocycles. The van der Waals surface area contributed by atoms with Crippen molar-refractivity contribution in [1.82, 2.24) is 14.7 Å². The van der Waals surface area contributed by atoms with Gasteiger partial charge in [-0.05, 0) is 66.6 Å². The Morgan fingerprint density at radius 2 is 1.55 bits per heavy atom. The zero-order valence-electron chi connectivity index (χ0n) is 22.7. The van der Waals surface area contributed by atoms with Crippen molar-refractivity contribution in [3.05, 3.63) is 125 Å². The monoisotopic (exact) mass is 535 g/mol. The Morgan fingerprint density at radius 1 is 0.825 bits per heavy atom. The highest BCUT2D eigenvalue weighted by Gasteiger charge is 2.33. The summed E-state index contributed by atoms with van der Waals surface area (Å²) in [6, 6.07) is 29.0. The van der Waals surface area contributed by atoms with E-state index in [0.717, 1.165) is 30.6 Å². The van der Waals surface area contributed by atoms with Gasteiger partial charge in [0.15, 0.2) is 5.76 Å². The van der Waals surface area contributed by atoms with E-state index in [1.54, 1.807) is 12.1 Å². The summed E-state index contributed by atoms with van der Waals surface area (Å²) in [5, 5.41) is 0. The fourth-order valence-corrected chi connectivity index (χ4v) is 5.53. The van der Waals surface area contributed by atoms with Crippen LogP contribution in [0.5, 0.6) is 5.75 Å². The number of rotatable bonds is 6. The molecule has 3 heterocycles. The van der Waals surface area contributed by atoms with Gasteiger partial charge in [-0.2, -0.15) is 0 Å². The Balaban J connectivity index is 1.21. The molecule has 0 spiro atoms. The number of amides is 2. The van der Waals surface area contributed by atoms with Crippen LogP contribution in [0.15, 0.2) is 95.4 Å². The molecule has 1 saturated heterocycles. The Hall–Kier alpha value is -4.36. The molecular weight excluding hydrogens is 502 g/mol. The molecule has 1 atom stereocenters. The molecule has 204 valence electrons. The summed E-state index contributed by atoms with van der Waals surface area (Å²) in [6.07, 6.45) is 0.771. The number of carbonyl (C=O) groups is 2. The predicted molar refractivity (Wildman–Crippen MR) is 152 cm³/mol. The molecule has 40 heavy (non-hydrogen) atoms. The molecular formula is C33H33N3O4. The molecule has 6 rings (SSSR count). The van der Waals surface area contributed by atoms with Crippen molar-refractivity contribution in [2.75, 3.05) is 39.8 Å². The maximum absolute atomic E-state index is 13.6. The molecule has 0 N–H and O–H groups in total. The molecule has 7 nitrogen and oxygen atoms in total. The van der Waals surface area contributed by atoms with Crippen LogP contribution in [0.1, 0.15) is 49.4 Å². The molecule has 1 fully saturated rings. The number of benzene rings is 3. The first kappa shape index (κ1) is 25.9. The van der Waals surface area contributed by atoms with Crippen LogP contribution in [0.4, 0.5) is 0 Å². The quantitative estimate of drug-likeness (QED) is 0.346. The summed E-state index contributed by atoms with van der Waals surface area (Å²) < 4.78 is 12.0. The lowest BCUT2D eigenvalue weighted by Crippen LogP contribution is -2.47. The molecule has 0 aliphatic carbocycles. The third-order valence-corrected chi connectivity index (χ3v) is 7.79. The minimum absolute atomic E-state index is 0.0135. The molecule has 7 heteroatoms. The number of nitrogens with zero attached hydrogens (tertiary/aromatic N) is 3. The van der Waals surface area contributed by atoms with E-state index >= 15 is 0 Å². The van der Waals surface area contributed by atoms with Gasteiger partial charge in [-0.3, -0.25) is 9.59 Å². The van der Waals surface area contributed by atoms with Crippen molar-refractivity contribution in [1.29, 1.82) is 0 Å². The molecule has 0 saturated carbocycles. The van der Waals surface area contributed by atoms with Gasteiger partial charge >= 0.3 is 0 Å². The first-order valence-electron chi connectivity index (χ1n) is 13.8. The maximum atomic E-state index is 13.6. The number of ether oxygens (including phenoxy) is 1. The lowest BCUT2D eigenvalue weighted by Gasteiger charge is -2.38. The second-order valence-electron chi connectivity index (χ2n) is 10.4. The zero-order valence-corrected chi connectivity index (χ0v) is 22.7. The fourth-order valence-electron chi connectivity index (χ4n) is 5.53. The van der Waals surface area contributed by atoms with E-state index in [2.05, 4.69) is 30.1 Å². The zero-order chi connectivity index (χ0) is 27.5. The molecule has 2 aliphatic rings. The maximum Gasteiger partial charge on any atom is 0.289 e. The van der Waals surface area contributed by atoms with Crippen molar-refractivity contribution in [2.24, 2.45) is 0 Å². The molecule has 2 amide bonds. The van der Waals surface area contributed by atoms with E-state index < -0.39 is 0 Å². The van der Waals surface area contributed by atoms with Gasteiger partial charge in [0.25, 0.3) is 11.8 Å². The Labute approximate surface area is 234 Å². The Morgan fingerprint density at radius 3 is 2.30 bits per heavy atom. The topological polar surface area (TPSA) is 66.2 Å². The summed E-state index contributed by atoms with van der Waals surface area (Å²) >= 11 is 0. The van der Waals surface area contributed by atoms with Crippen molar-refractivity contribution < 1.29 is 18.7 Å². The number of furan rings is 1. The van der Waals surface area contributed by atoms with Crippen LogP contribution in [-0.2, 0) is 13.0 Å². The summed E-state index contributed by atoms with van der Waals surface area (Å²) in [4.78, 5) is 32.5. The van der Waals surface area contributed by atoms with Crippen molar-refractivity contribution in [3.8, 4) is 5.75 Å². The first-order chi connectivity index (χ1) is 19.6. The second kappa shape index (κ2) is 11.4. The lowest BCUT2D eigenvalue weighted by atomic mass is 9.87. The minimum atomic E-state index is -0.224. The van der Waals surface area contributed by atoms with Crippen LogP contribution in [-0.4, -0.2) is 66.3 Å². The van der Waals surface area contributed by atoms with Crippen molar-refractivity contribution in [2.45, 2.75) is 19.1 Å². The SMILES string of the molecule is CN1CCN(C(=O)c2ccc(COc3ccc4c(c3)[C@@H](c3ccccc3)N(C(=O)c3ccccc3)CC4)o2)CC1. The average Bonchev–Trinajstić information content (AvgIpc) is 3.49. The van der Waals surface area contributed by atoms with Gasteiger partial charge in [0.1, 0.15) is 18.1 Å². The number of likely N-dealkylation sites (N-methyl/N-ethyl adjacent to an activating group) is 1. The van der Waals surface area contributed by atoms with Gasteiger partial charge < -0.3 is 23.9 Å². The Bertz CT molecular complexity index is 1480. The Kier molecular flexibility index (Phi) is 7.38. The summed E-state index contributed by atoms with van der Waals surface area (Å²) in [7, 11) is 2.06.